The number of aryl methyl sites for hydroxylation is 1. The summed E-state index contributed by atoms with van der Waals surface area (Å²) in [6.07, 6.45) is 3.43. The highest BCUT2D eigenvalue weighted by atomic mass is 35.5. The normalized spacial score (nSPS) is 12.2. The van der Waals surface area contributed by atoms with Gasteiger partial charge in [-0.1, -0.05) is 44.5 Å². The van der Waals surface area contributed by atoms with Gasteiger partial charge in [0.15, 0.2) is 0 Å². The first-order chi connectivity index (χ1) is 12.6. The predicted molar refractivity (Wildman–Crippen MR) is 109 cm³/mol. The number of nitrogens with one attached hydrogen (secondary N) is 1. The molecule has 1 N–H and O–H groups in total. The third-order valence-electron chi connectivity index (χ3n) is 4.22. The van der Waals surface area contributed by atoms with Gasteiger partial charge in [0.1, 0.15) is 0 Å². The van der Waals surface area contributed by atoms with E-state index >= 15 is 0 Å². The number of hydrogen-bond acceptors (Lipinski definition) is 3. The lowest BCUT2D eigenvalue weighted by Crippen LogP contribution is -2.16. The Bertz CT molecular complexity index is 1070. The number of halogens is 1. The second-order valence-electron chi connectivity index (χ2n) is 7.46. The first-order valence-electron chi connectivity index (χ1n) is 8.50. The highest BCUT2D eigenvalue weighted by Crippen LogP contribution is 2.28. The Morgan fingerprint density at radius 2 is 1.74 bits per heavy atom. The van der Waals surface area contributed by atoms with Crippen molar-refractivity contribution in [3.63, 3.8) is 0 Å². The first-order valence-corrected chi connectivity index (χ1v) is 10.4. The number of hydrogen-bond donors (Lipinski definition) is 1. The zero-order chi connectivity index (χ0) is 19.8. The molecular weight excluding hydrogens is 382 g/mol. The first kappa shape index (κ1) is 19.5. The van der Waals surface area contributed by atoms with Gasteiger partial charge in [0.25, 0.3) is 10.0 Å². The van der Waals surface area contributed by atoms with E-state index in [1.165, 1.54) is 0 Å². The van der Waals surface area contributed by atoms with E-state index in [-0.39, 0.29) is 10.3 Å². The smallest absolute Gasteiger partial charge is 0.261 e. The quantitative estimate of drug-likeness (QED) is 0.671. The van der Waals surface area contributed by atoms with Crippen LogP contribution in [0.4, 0.5) is 5.69 Å². The Morgan fingerprint density at radius 1 is 1.07 bits per heavy atom. The molecule has 142 valence electrons. The molecule has 0 aliphatic heterocycles. The maximum absolute atomic E-state index is 12.9. The summed E-state index contributed by atoms with van der Waals surface area (Å²) in [5.74, 6) is 0. The van der Waals surface area contributed by atoms with Crippen LogP contribution in [0.1, 0.15) is 32.0 Å². The van der Waals surface area contributed by atoms with Crippen molar-refractivity contribution in [1.29, 1.82) is 0 Å². The minimum Gasteiger partial charge on any atom is -0.304 e. The van der Waals surface area contributed by atoms with Crippen LogP contribution >= 0.6 is 11.6 Å². The molecule has 5 nitrogen and oxygen atoms in total. The molecule has 1 aromatic heterocycles. The molecule has 7 heteroatoms. The molecule has 3 rings (SSSR count). The van der Waals surface area contributed by atoms with Crippen molar-refractivity contribution in [1.82, 2.24) is 9.55 Å². The number of anilines is 1. The maximum Gasteiger partial charge on any atom is 0.261 e. The summed E-state index contributed by atoms with van der Waals surface area (Å²) in [6, 6.07) is 11.9. The molecular formula is C20H22ClN3O2S. The Kier molecular flexibility index (Phi) is 5.06. The molecule has 0 spiro atoms. The summed E-state index contributed by atoms with van der Waals surface area (Å²) in [6.45, 7) is 8.12. The summed E-state index contributed by atoms with van der Waals surface area (Å²) in [4.78, 5) is 4.40. The van der Waals surface area contributed by atoms with Crippen molar-refractivity contribution in [3.05, 3.63) is 71.3 Å². The van der Waals surface area contributed by atoms with Gasteiger partial charge in [0.2, 0.25) is 0 Å². The highest BCUT2D eigenvalue weighted by molar-refractivity contribution is 7.92. The summed E-state index contributed by atoms with van der Waals surface area (Å²) in [7, 11) is -3.74. The minimum absolute atomic E-state index is 0.0433. The fraction of sp³-hybridized carbons (Fsp3) is 0.250. The summed E-state index contributed by atoms with van der Waals surface area (Å²) >= 11 is 6.11. The van der Waals surface area contributed by atoms with Crippen molar-refractivity contribution >= 4 is 27.3 Å². The topological polar surface area (TPSA) is 64.0 Å². The van der Waals surface area contributed by atoms with E-state index in [4.69, 9.17) is 11.6 Å². The molecule has 0 saturated heterocycles. The molecule has 0 atom stereocenters. The lowest BCUT2D eigenvalue weighted by molar-refractivity contribution is 0.587. The number of sulfonamides is 1. The van der Waals surface area contributed by atoms with Gasteiger partial charge in [-0.25, -0.2) is 13.4 Å². The van der Waals surface area contributed by atoms with Crippen LogP contribution in [0.3, 0.4) is 0 Å². The standard InChI is InChI=1S/C20H22ClN3O2S/c1-14-12-24(13-22-14)19-11-16(21)7-10-18(19)23-27(25,26)17-8-5-15(6-9-17)20(2,3)4/h5-13,23H,1-4H3. The van der Waals surface area contributed by atoms with Crippen molar-refractivity contribution in [3.8, 4) is 5.69 Å². The second kappa shape index (κ2) is 7.02. The van der Waals surface area contributed by atoms with Gasteiger partial charge in [0, 0.05) is 11.2 Å². The summed E-state index contributed by atoms with van der Waals surface area (Å²) < 4.78 is 30.1. The van der Waals surface area contributed by atoms with E-state index in [1.807, 2.05) is 25.3 Å². The Hall–Kier alpha value is -2.31. The van der Waals surface area contributed by atoms with E-state index in [0.29, 0.717) is 16.4 Å². The maximum atomic E-state index is 12.9. The molecule has 0 aliphatic carbocycles. The van der Waals surface area contributed by atoms with Crippen LogP contribution < -0.4 is 4.72 Å². The molecule has 0 unspecified atom stereocenters. The zero-order valence-electron chi connectivity index (χ0n) is 15.7. The number of rotatable bonds is 4. The number of aromatic nitrogens is 2. The molecule has 27 heavy (non-hydrogen) atoms. The molecule has 0 fully saturated rings. The van der Waals surface area contributed by atoms with Crippen LogP contribution in [0.15, 0.2) is 59.9 Å². The molecule has 0 bridgehead atoms. The van der Waals surface area contributed by atoms with Gasteiger partial charge in [-0.3, -0.25) is 4.72 Å². The van der Waals surface area contributed by atoms with E-state index < -0.39 is 10.0 Å². The fourth-order valence-electron chi connectivity index (χ4n) is 2.70. The van der Waals surface area contributed by atoms with Crippen molar-refractivity contribution in [2.75, 3.05) is 4.72 Å². The van der Waals surface area contributed by atoms with Gasteiger partial charge >= 0.3 is 0 Å². The zero-order valence-corrected chi connectivity index (χ0v) is 17.3. The van der Waals surface area contributed by atoms with Crippen LogP contribution in [-0.2, 0) is 15.4 Å². The third kappa shape index (κ3) is 4.34. The average Bonchev–Trinajstić information content (AvgIpc) is 3.02. The van der Waals surface area contributed by atoms with E-state index in [1.54, 1.807) is 41.2 Å². The van der Waals surface area contributed by atoms with Crippen molar-refractivity contribution in [2.24, 2.45) is 0 Å². The Morgan fingerprint density at radius 3 is 2.30 bits per heavy atom. The number of benzene rings is 2. The van der Waals surface area contributed by atoms with Gasteiger partial charge < -0.3 is 4.57 Å². The molecule has 0 amide bonds. The molecule has 3 aromatic rings. The predicted octanol–water partition coefficient (Wildman–Crippen LogP) is 4.93. The van der Waals surface area contributed by atoms with Crippen LogP contribution in [0.2, 0.25) is 5.02 Å². The SMILES string of the molecule is Cc1cn(-c2cc(Cl)ccc2NS(=O)(=O)c2ccc(C(C)(C)C)cc2)cn1. The molecule has 0 saturated carbocycles. The van der Waals surface area contributed by atoms with Gasteiger partial charge in [-0.15, -0.1) is 0 Å². The highest BCUT2D eigenvalue weighted by Gasteiger charge is 2.19. The minimum atomic E-state index is -3.74. The van der Waals surface area contributed by atoms with E-state index in [9.17, 15) is 8.42 Å². The van der Waals surface area contributed by atoms with Crippen LogP contribution in [0, 0.1) is 6.92 Å². The summed E-state index contributed by atoms with van der Waals surface area (Å²) in [5, 5.41) is 0.508. The lowest BCUT2D eigenvalue weighted by Gasteiger charge is -2.19. The fourth-order valence-corrected chi connectivity index (χ4v) is 3.94. The second-order valence-corrected chi connectivity index (χ2v) is 9.58. The van der Waals surface area contributed by atoms with Crippen molar-refractivity contribution in [2.45, 2.75) is 38.0 Å². The Balaban J connectivity index is 1.97. The average molecular weight is 404 g/mol. The van der Waals surface area contributed by atoms with Crippen LogP contribution in [0.25, 0.3) is 5.69 Å². The van der Waals surface area contributed by atoms with Gasteiger partial charge in [-0.05, 0) is 48.2 Å². The molecule has 2 aromatic carbocycles. The lowest BCUT2D eigenvalue weighted by atomic mass is 9.87. The van der Waals surface area contributed by atoms with Crippen LogP contribution in [0.5, 0.6) is 0 Å². The molecule has 0 radical (unpaired) electrons. The van der Waals surface area contributed by atoms with Gasteiger partial charge in [0.05, 0.1) is 28.3 Å². The molecule has 1 heterocycles. The van der Waals surface area contributed by atoms with Crippen molar-refractivity contribution < 1.29 is 8.42 Å². The van der Waals surface area contributed by atoms with Gasteiger partial charge in [-0.2, -0.15) is 0 Å². The number of imidazole rings is 1. The number of nitrogens with zero attached hydrogens (tertiary/aromatic N) is 2. The largest absolute Gasteiger partial charge is 0.304 e. The van der Waals surface area contributed by atoms with E-state index in [0.717, 1.165) is 11.3 Å². The van der Waals surface area contributed by atoms with E-state index in [2.05, 4.69) is 30.5 Å². The summed E-state index contributed by atoms with van der Waals surface area (Å²) in [5.41, 5.74) is 2.89. The Labute approximate surface area is 165 Å². The third-order valence-corrected chi connectivity index (χ3v) is 5.84. The molecule has 0 aliphatic rings. The monoisotopic (exact) mass is 403 g/mol. The van der Waals surface area contributed by atoms with Crippen LogP contribution in [-0.4, -0.2) is 18.0 Å².